The van der Waals surface area contributed by atoms with E-state index in [0.29, 0.717) is 5.56 Å². The van der Waals surface area contributed by atoms with Gasteiger partial charge in [-0.1, -0.05) is 0 Å². The molecule has 0 aromatic carbocycles. The van der Waals surface area contributed by atoms with Gasteiger partial charge in [0.1, 0.15) is 12.2 Å². The molecule has 112 valence electrons. The molecule has 4 atom stereocenters. The summed E-state index contributed by atoms with van der Waals surface area (Å²) in [6.07, 6.45) is -2.32. The fourth-order valence-corrected chi connectivity index (χ4v) is 1.69. The van der Waals surface area contributed by atoms with E-state index >= 15 is 0 Å². The van der Waals surface area contributed by atoms with Crippen LogP contribution in [0.2, 0.25) is 0 Å². The summed E-state index contributed by atoms with van der Waals surface area (Å²) in [5.74, 6) is -1.55. The average molecular weight is 295 g/mol. The zero-order valence-electron chi connectivity index (χ0n) is 10.7. The minimum absolute atomic E-state index is 0.319. The molecular weight excluding hydrogens is 282 g/mol. The van der Waals surface area contributed by atoms with E-state index in [1.165, 1.54) is 24.5 Å². The van der Waals surface area contributed by atoms with Crippen LogP contribution >= 0.6 is 0 Å². The zero-order chi connectivity index (χ0) is 15.4. The van der Waals surface area contributed by atoms with E-state index < -0.39 is 36.3 Å². The van der Waals surface area contributed by atoms with Crippen molar-refractivity contribution >= 4 is 18.1 Å². The summed E-state index contributed by atoms with van der Waals surface area (Å²) in [7, 11) is 0. The van der Waals surface area contributed by atoms with E-state index in [9.17, 15) is 24.9 Å². The quantitative estimate of drug-likeness (QED) is 0.281. The summed E-state index contributed by atoms with van der Waals surface area (Å²) >= 11 is 0. The van der Waals surface area contributed by atoms with Gasteiger partial charge in [-0.15, -0.1) is 0 Å². The molecule has 0 radical (unpaired) electrons. The van der Waals surface area contributed by atoms with E-state index in [-0.39, 0.29) is 0 Å². The van der Waals surface area contributed by atoms with Gasteiger partial charge < -0.3 is 20.1 Å². The van der Waals surface area contributed by atoms with Crippen LogP contribution in [-0.2, 0) is 9.53 Å². The van der Waals surface area contributed by atoms with Gasteiger partial charge in [-0.3, -0.25) is 9.78 Å². The van der Waals surface area contributed by atoms with Crippen molar-refractivity contribution in [2.75, 3.05) is 0 Å². The van der Waals surface area contributed by atoms with E-state index in [4.69, 9.17) is 0 Å². The van der Waals surface area contributed by atoms with Gasteiger partial charge in [-0.05, 0) is 12.1 Å². The number of nitrogens with zero attached hydrogens (tertiary/aromatic N) is 2. The molecule has 9 heteroatoms. The predicted octanol–water partition coefficient (Wildman–Crippen LogP) is -2.19. The molecular formula is C12H13N3O6. The molecule has 1 saturated heterocycles. The number of hydrogen-bond donors (Lipinski definition) is 4. The Hall–Kier alpha value is -2.36. The molecule has 1 amide bonds. The second-order valence-electron chi connectivity index (χ2n) is 4.28. The predicted molar refractivity (Wildman–Crippen MR) is 68.1 cm³/mol. The zero-order valence-corrected chi connectivity index (χ0v) is 10.7. The van der Waals surface area contributed by atoms with Gasteiger partial charge in [0.05, 0.1) is 6.21 Å². The van der Waals surface area contributed by atoms with Crippen LogP contribution in [0.1, 0.15) is 10.4 Å². The number of nitrogens with one attached hydrogen (secondary N) is 1. The first-order chi connectivity index (χ1) is 10.0. The minimum atomic E-state index is -1.70. The summed E-state index contributed by atoms with van der Waals surface area (Å²) in [6.45, 7) is 0. The fourth-order valence-electron chi connectivity index (χ4n) is 1.69. The van der Waals surface area contributed by atoms with Crippen LogP contribution in [0.3, 0.4) is 0 Å². The number of aliphatic hydroxyl groups excluding tert-OH is 3. The van der Waals surface area contributed by atoms with E-state index in [1.807, 2.05) is 0 Å². The molecule has 1 aliphatic rings. The Morgan fingerprint density at radius 2 is 2.10 bits per heavy atom. The Kier molecular flexibility index (Phi) is 4.58. The molecule has 9 nitrogen and oxygen atoms in total. The van der Waals surface area contributed by atoms with Crippen LogP contribution in [0.4, 0.5) is 0 Å². The van der Waals surface area contributed by atoms with Gasteiger partial charge in [0.25, 0.3) is 5.91 Å². The van der Waals surface area contributed by atoms with Crippen molar-refractivity contribution in [1.29, 1.82) is 0 Å². The third kappa shape index (κ3) is 3.40. The van der Waals surface area contributed by atoms with Crippen molar-refractivity contribution < 1.29 is 29.6 Å². The highest BCUT2D eigenvalue weighted by atomic mass is 16.6. The van der Waals surface area contributed by atoms with Crippen molar-refractivity contribution in [2.45, 2.75) is 24.4 Å². The summed E-state index contributed by atoms with van der Waals surface area (Å²) in [6, 6.07) is 2.94. The summed E-state index contributed by atoms with van der Waals surface area (Å²) < 4.78 is 4.59. The second kappa shape index (κ2) is 6.39. The number of amides is 1. The number of rotatable bonds is 4. The van der Waals surface area contributed by atoms with Crippen molar-refractivity contribution in [2.24, 2.45) is 5.10 Å². The molecule has 0 spiro atoms. The molecule has 4 N–H and O–H groups in total. The normalized spacial score (nSPS) is 26.6. The first-order valence-corrected chi connectivity index (χ1v) is 5.99. The van der Waals surface area contributed by atoms with Crippen LogP contribution in [0.25, 0.3) is 0 Å². The topological polar surface area (TPSA) is 141 Å². The number of hydrazone groups is 1. The van der Waals surface area contributed by atoms with Gasteiger partial charge >= 0.3 is 5.97 Å². The van der Waals surface area contributed by atoms with Crippen molar-refractivity contribution in [3.05, 3.63) is 30.1 Å². The molecule has 0 bridgehead atoms. The lowest BCUT2D eigenvalue weighted by atomic mass is 10.1. The number of aliphatic hydroxyl groups is 3. The standard InChI is InChI=1S/C12H13N3O6/c16-7(10-8(17)9(18)12(20)21-10)5-14-15-11(19)6-1-3-13-4-2-6/h1-5,7-10,16-18H,(H,15,19)/b14-5+/t7?,8-,9-,10?/m1/s1. The third-order valence-electron chi connectivity index (χ3n) is 2.83. The van der Waals surface area contributed by atoms with Crippen molar-refractivity contribution in [3.8, 4) is 0 Å². The summed E-state index contributed by atoms with van der Waals surface area (Å²) in [5.41, 5.74) is 2.47. The molecule has 2 heterocycles. The molecule has 2 unspecified atom stereocenters. The largest absolute Gasteiger partial charge is 0.454 e. The maximum absolute atomic E-state index is 11.6. The molecule has 2 rings (SSSR count). The molecule has 1 aromatic heterocycles. The van der Waals surface area contributed by atoms with Crippen LogP contribution in [0.15, 0.2) is 29.6 Å². The fraction of sp³-hybridized carbons (Fsp3) is 0.333. The summed E-state index contributed by atoms with van der Waals surface area (Å²) in [4.78, 5) is 26.4. The Morgan fingerprint density at radius 1 is 1.43 bits per heavy atom. The Bertz CT molecular complexity index is 549. The first kappa shape index (κ1) is 15.0. The van der Waals surface area contributed by atoms with E-state index in [2.05, 4.69) is 20.2 Å². The average Bonchev–Trinajstić information content (AvgIpc) is 2.75. The molecule has 0 aliphatic carbocycles. The first-order valence-electron chi connectivity index (χ1n) is 5.99. The highest BCUT2D eigenvalue weighted by Crippen LogP contribution is 2.18. The molecule has 21 heavy (non-hydrogen) atoms. The number of carbonyl (C=O) groups excluding carboxylic acids is 2. The second-order valence-corrected chi connectivity index (χ2v) is 4.28. The monoisotopic (exact) mass is 295 g/mol. The highest BCUT2D eigenvalue weighted by molar-refractivity contribution is 5.94. The van der Waals surface area contributed by atoms with Crippen LogP contribution in [0.5, 0.6) is 0 Å². The van der Waals surface area contributed by atoms with E-state index in [1.54, 1.807) is 0 Å². The number of hydrogen-bond acceptors (Lipinski definition) is 8. The van der Waals surface area contributed by atoms with Crippen LogP contribution < -0.4 is 5.43 Å². The number of esters is 1. The molecule has 0 saturated carbocycles. The van der Waals surface area contributed by atoms with Crippen LogP contribution in [0, 0.1) is 0 Å². The van der Waals surface area contributed by atoms with Gasteiger partial charge in [0, 0.05) is 18.0 Å². The lowest BCUT2D eigenvalue weighted by Crippen LogP contribution is -2.39. The highest BCUT2D eigenvalue weighted by Gasteiger charge is 2.45. The molecule has 1 aliphatic heterocycles. The Labute approximate surface area is 118 Å². The van der Waals surface area contributed by atoms with E-state index in [0.717, 1.165) is 6.21 Å². The summed E-state index contributed by atoms with van der Waals surface area (Å²) in [5, 5.41) is 31.8. The number of pyridine rings is 1. The van der Waals surface area contributed by atoms with Crippen molar-refractivity contribution in [3.63, 3.8) is 0 Å². The lowest BCUT2D eigenvalue weighted by Gasteiger charge is -2.16. The Balaban J connectivity index is 1.90. The molecule has 1 fully saturated rings. The third-order valence-corrected chi connectivity index (χ3v) is 2.83. The van der Waals surface area contributed by atoms with Gasteiger partial charge in [0.15, 0.2) is 12.2 Å². The number of aromatic nitrogens is 1. The number of carbonyl (C=O) groups is 2. The smallest absolute Gasteiger partial charge is 0.338 e. The van der Waals surface area contributed by atoms with Crippen molar-refractivity contribution in [1.82, 2.24) is 10.4 Å². The van der Waals surface area contributed by atoms with Gasteiger partial charge in [0.2, 0.25) is 0 Å². The number of cyclic esters (lactones) is 1. The van der Waals surface area contributed by atoms with Gasteiger partial charge in [-0.25, -0.2) is 10.2 Å². The number of ether oxygens (including phenoxy) is 1. The maximum Gasteiger partial charge on any atom is 0.338 e. The maximum atomic E-state index is 11.6. The van der Waals surface area contributed by atoms with Crippen LogP contribution in [-0.4, -0.2) is 62.8 Å². The minimum Gasteiger partial charge on any atom is -0.454 e. The van der Waals surface area contributed by atoms with Gasteiger partial charge in [-0.2, -0.15) is 5.10 Å². The SMILES string of the molecule is O=C(N/N=C/C(O)C1OC(=O)[C@H](O)[C@H]1O)c1ccncc1. The Morgan fingerprint density at radius 3 is 2.67 bits per heavy atom. The lowest BCUT2D eigenvalue weighted by molar-refractivity contribution is -0.149. The molecule has 1 aromatic rings.